The topological polar surface area (TPSA) is 15.3 Å². The molecule has 0 radical (unpaired) electrons. The summed E-state index contributed by atoms with van der Waals surface area (Å²) in [6.07, 6.45) is 2.29. The van der Waals surface area contributed by atoms with Gasteiger partial charge in [-0.15, -0.1) is 0 Å². The molecule has 0 aliphatic carbocycles. The Morgan fingerprint density at radius 3 is 2.95 bits per heavy atom. The molecule has 2 rings (SSSR count). The molecule has 1 aliphatic heterocycles. The van der Waals surface area contributed by atoms with E-state index in [0.717, 1.165) is 37.3 Å². The molecule has 1 saturated heterocycles. The lowest BCUT2D eigenvalue weighted by Gasteiger charge is -2.28. The van der Waals surface area contributed by atoms with Crippen LogP contribution in [-0.4, -0.2) is 25.7 Å². The lowest BCUT2D eigenvalue weighted by atomic mass is 10.0. The van der Waals surface area contributed by atoms with Gasteiger partial charge in [-0.1, -0.05) is 19.9 Å². The van der Waals surface area contributed by atoms with Crippen molar-refractivity contribution in [3.8, 4) is 0 Å². The Morgan fingerprint density at radius 1 is 1.42 bits per heavy atom. The summed E-state index contributed by atoms with van der Waals surface area (Å²) in [4.78, 5) is 2.34. The number of rotatable bonds is 3. The highest BCUT2D eigenvalue weighted by atomic mass is 19.1. The molecule has 106 valence electrons. The molecule has 1 aliphatic rings. The van der Waals surface area contributed by atoms with Crippen molar-refractivity contribution in [2.75, 3.05) is 24.5 Å². The number of nitrogens with one attached hydrogen (secondary N) is 1. The second-order valence-electron chi connectivity index (χ2n) is 6.01. The first-order valence-corrected chi connectivity index (χ1v) is 7.30. The van der Waals surface area contributed by atoms with E-state index in [1.54, 1.807) is 12.1 Å². The molecular weight excluding hydrogens is 239 g/mol. The first kappa shape index (κ1) is 14.3. The minimum absolute atomic E-state index is 0.141. The third-order valence-corrected chi connectivity index (χ3v) is 3.75. The summed E-state index contributed by atoms with van der Waals surface area (Å²) < 4.78 is 13.5. The molecule has 0 bridgehead atoms. The van der Waals surface area contributed by atoms with Gasteiger partial charge in [0.1, 0.15) is 5.82 Å². The quantitative estimate of drug-likeness (QED) is 0.900. The fourth-order valence-corrected chi connectivity index (χ4v) is 2.87. The average Bonchev–Trinajstić information content (AvgIpc) is 2.57. The minimum Gasteiger partial charge on any atom is -0.370 e. The maximum atomic E-state index is 13.5. The summed E-state index contributed by atoms with van der Waals surface area (Å²) in [5.41, 5.74) is 2.21. The lowest BCUT2D eigenvalue weighted by molar-refractivity contribution is 0.436. The summed E-state index contributed by atoms with van der Waals surface area (Å²) in [5.74, 6) is 0.546. The van der Waals surface area contributed by atoms with Crippen molar-refractivity contribution in [2.45, 2.75) is 39.7 Å². The van der Waals surface area contributed by atoms with Crippen LogP contribution in [0.15, 0.2) is 18.2 Å². The fraction of sp³-hybridized carbons (Fsp3) is 0.625. The summed E-state index contributed by atoms with van der Waals surface area (Å²) in [7, 11) is 0. The first-order valence-electron chi connectivity index (χ1n) is 7.30. The summed E-state index contributed by atoms with van der Waals surface area (Å²) in [6.45, 7) is 9.61. The number of hydrogen-bond acceptors (Lipinski definition) is 2. The number of aryl methyl sites for hydroxylation is 1. The smallest absolute Gasteiger partial charge is 0.125 e. The van der Waals surface area contributed by atoms with E-state index in [-0.39, 0.29) is 5.82 Å². The van der Waals surface area contributed by atoms with Gasteiger partial charge in [0, 0.05) is 24.8 Å². The van der Waals surface area contributed by atoms with E-state index >= 15 is 0 Å². The monoisotopic (exact) mass is 264 g/mol. The van der Waals surface area contributed by atoms with Gasteiger partial charge in [-0.25, -0.2) is 4.39 Å². The Morgan fingerprint density at radius 2 is 2.21 bits per heavy atom. The van der Waals surface area contributed by atoms with Gasteiger partial charge in [-0.05, 0) is 49.9 Å². The van der Waals surface area contributed by atoms with Gasteiger partial charge >= 0.3 is 0 Å². The predicted molar refractivity (Wildman–Crippen MR) is 79.2 cm³/mol. The van der Waals surface area contributed by atoms with Crippen molar-refractivity contribution < 1.29 is 4.39 Å². The number of benzene rings is 1. The summed E-state index contributed by atoms with van der Waals surface area (Å²) in [5, 5.41) is 3.61. The molecule has 1 N–H and O–H groups in total. The molecule has 0 saturated carbocycles. The number of nitrogens with zero attached hydrogens (tertiary/aromatic N) is 1. The highest BCUT2D eigenvalue weighted by molar-refractivity contribution is 5.53. The molecule has 1 unspecified atom stereocenters. The number of anilines is 1. The Bertz CT molecular complexity index is 417. The van der Waals surface area contributed by atoms with E-state index in [0.29, 0.717) is 12.0 Å². The van der Waals surface area contributed by atoms with Crippen LogP contribution in [0.2, 0.25) is 0 Å². The van der Waals surface area contributed by atoms with Crippen LogP contribution in [0.4, 0.5) is 10.1 Å². The highest BCUT2D eigenvalue weighted by Gasteiger charge is 2.20. The molecule has 1 aromatic rings. The van der Waals surface area contributed by atoms with E-state index < -0.39 is 0 Å². The normalized spacial score (nSPS) is 20.7. The molecule has 0 spiro atoms. The van der Waals surface area contributed by atoms with Crippen molar-refractivity contribution in [3.05, 3.63) is 29.6 Å². The molecule has 1 atom stereocenters. The van der Waals surface area contributed by atoms with E-state index in [1.807, 2.05) is 6.07 Å². The van der Waals surface area contributed by atoms with E-state index in [2.05, 4.69) is 31.0 Å². The van der Waals surface area contributed by atoms with Crippen LogP contribution in [-0.2, 0) is 0 Å². The SMILES string of the molecule is Cc1ccc(F)cc1N1CCCNC(CC(C)C)C1. The zero-order valence-corrected chi connectivity index (χ0v) is 12.2. The third-order valence-electron chi connectivity index (χ3n) is 3.75. The van der Waals surface area contributed by atoms with Crippen LogP contribution in [0.1, 0.15) is 32.3 Å². The van der Waals surface area contributed by atoms with Gasteiger partial charge in [0.15, 0.2) is 0 Å². The molecule has 19 heavy (non-hydrogen) atoms. The Hall–Kier alpha value is -1.09. The van der Waals surface area contributed by atoms with Gasteiger partial charge < -0.3 is 10.2 Å². The van der Waals surface area contributed by atoms with E-state index in [4.69, 9.17) is 0 Å². The predicted octanol–water partition coefficient (Wildman–Crippen LogP) is 3.35. The van der Waals surface area contributed by atoms with Crippen molar-refractivity contribution in [2.24, 2.45) is 5.92 Å². The summed E-state index contributed by atoms with van der Waals surface area (Å²) in [6, 6.07) is 5.60. The average molecular weight is 264 g/mol. The third kappa shape index (κ3) is 3.93. The van der Waals surface area contributed by atoms with Gasteiger partial charge in [0.05, 0.1) is 0 Å². The van der Waals surface area contributed by atoms with Gasteiger partial charge in [0.25, 0.3) is 0 Å². The zero-order chi connectivity index (χ0) is 13.8. The molecule has 3 heteroatoms. The van der Waals surface area contributed by atoms with Crippen LogP contribution in [0, 0.1) is 18.7 Å². The molecule has 0 aromatic heterocycles. The molecule has 1 heterocycles. The minimum atomic E-state index is -0.141. The Labute approximate surface area is 116 Å². The van der Waals surface area contributed by atoms with Gasteiger partial charge in [-0.2, -0.15) is 0 Å². The molecular formula is C16H25FN2. The van der Waals surface area contributed by atoms with Crippen LogP contribution >= 0.6 is 0 Å². The molecule has 2 nitrogen and oxygen atoms in total. The molecule has 0 amide bonds. The van der Waals surface area contributed by atoms with Crippen LogP contribution in [0.3, 0.4) is 0 Å². The zero-order valence-electron chi connectivity index (χ0n) is 12.2. The Kier molecular flexibility index (Phi) is 4.81. The highest BCUT2D eigenvalue weighted by Crippen LogP contribution is 2.23. The number of halogens is 1. The van der Waals surface area contributed by atoms with Crippen molar-refractivity contribution in [1.82, 2.24) is 5.32 Å². The van der Waals surface area contributed by atoms with Crippen molar-refractivity contribution in [1.29, 1.82) is 0 Å². The van der Waals surface area contributed by atoms with Crippen LogP contribution in [0.5, 0.6) is 0 Å². The van der Waals surface area contributed by atoms with E-state index in [9.17, 15) is 4.39 Å². The van der Waals surface area contributed by atoms with Crippen molar-refractivity contribution >= 4 is 5.69 Å². The lowest BCUT2D eigenvalue weighted by Crippen LogP contribution is -2.38. The van der Waals surface area contributed by atoms with Crippen LogP contribution in [0.25, 0.3) is 0 Å². The van der Waals surface area contributed by atoms with Crippen LogP contribution < -0.4 is 10.2 Å². The van der Waals surface area contributed by atoms with Gasteiger partial charge in [0.2, 0.25) is 0 Å². The second-order valence-corrected chi connectivity index (χ2v) is 6.01. The number of hydrogen-bond donors (Lipinski definition) is 1. The second kappa shape index (κ2) is 6.38. The molecule has 1 aromatic carbocycles. The van der Waals surface area contributed by atoms with E-state index in [1.165, 1.54) is 6.42 Å². The van der Waals surface area contributed by atoms with Crippen molar-refractivity contribution in [3.63, 3.8) is 0 Å². The summed E-state index contributed by atoms with van der Waals surface area (Å²) >= 11 is 0. The Balaban J connectivity index is 2.15. The fourth-order valence-electron chi connectivity index (χ4n) is 2.87. The standard InChI is InChI=1S/C16H25FN2/c1-12(2)9-15-11-19(8-4-7-18-15)16-10-14(17)6-5-13(16)3/h5-6,10,12,15,18H,4,7-9,11H2,1-3H3. The largest absolute Gasteiger partial charge is 0.370 e. The first-order chi connectivity index (χ1) is 9.06. The van der Waals surface area contributed by atoms with Gasteiger partial charge in [-0.3, -0.25) is 0 Å². The maximum absolute atomic E-state index is 13.5. The molecule has 1 fully saturated rings. The maximum Gasteiger partial charge on any atom is 0.125 e.